The minimum absolute atomic E-state index is 0.254. The van der Waals surface area contributed by atoms with E-state index in [4.69, 9.17) is 21.7 Å². The van der Waals surface area contributed by atoms with Gasteiger partial charge >= 0.3 is 0 Å². The normalized spacial score (nSPS) is 11.0. The highest BCUT2D eigenvalue weighted by atomic mass is 32.1. The second kappa shape index (κ2) is 9.36. The average Bonchev–Trinajstić information content (AvgIpc) is 3.17. The Balaban J connectivity index is 1.57. The number of nitrogens with zero attached hydrogens (tertiary/aromatic N) is 3. The fourth-order valence-corrected chi connectivity index (χ4v) is 3.14. The molecule has 4 aromatic rings. The van der Waals surface area contributed by atoms with Gasteiger partial charge in [-0.3, -0.25) is 0 Å². The fraction of sp³-hybridized carbons (Fsp3) is 0.0870. The van der Waals surface area contributed by atoms with Gasteiger partial charge in [-0.2, -0.15) is 14.9 Å². The van der Waals surface area contributed by atoms with Crippen molar-refractivity contribution in [1.29, 1.82) is 0 Å². The summed E-state index contributed by atoms with van der Waals surface area (Å²) in [7, 11) is 1.58. The van der Waals surface area contributed by atoms with Gasteiger partial charge in [-0.15, -0.1) is 0 Å². The van der Waals surface area contributed by atoms with Gasteiger partial charge in [0.25, 0.3) is 0 Å². The Morgan fingerprint density at radius 1 is 1.06 bits per heavy atom. The summed E-state index contributed by atoms with van der Waals surface area (Å²) < 4.78 is 27.2. The molecule has 0 fully saturated rings. The number of hydrogen-bond donors (Lipinski definition) is 1. The van der Waals surface area contributed by atoms with Gasteiger partial charge in [-0.25, -0.2) is 9.49 Å². The van der Waals surface area contributed by atoms with Gasteiger partial charge in [-0.05, 0) is 53.7 Å². The molecule has 0 aliphatic rings. The van der Waals surface area contributed by atoms with Gasteiger partial charge in [0, 0.05) is 0 Å². The number of aromatic nitrogens is 3. The van der Waals surface area contributed by atoms with Crippen LogP contribution in [-0.4, -0.2) is 28.2 Å². The van der Waals surface area contributed by atoms with Crippen molar-refractivity contribution in [3.8, 4) is 22.9 Å². The summed E-state index contributed by atoms with van der Waals surface area (Å²) in [6, 6.07) is 21.7. The van der Waals surface area contributed by atoms with Crippen LogP contribution in [0.1, 0.15) is 11.1 Å². The summed E-state index contributed by atoms with van der Waals surface area (Å²) in [6.07, 6.45) is 1.60. The van der Waals surface area contributed by atoms with Crippen LogP contribution in [0.15, 0.2) is 77.9 Å². The van der Waals surface area contributed by atoms with Crippen molar-refractivity contribution >= 4 is 18.4 Å². The number of H-pyrrole nitrogens is 1. The number of halogens is 1. The maximum Gasteiger partial charge on any atom is 0.216 e. The summed E-state index contributed by atoms with van der Waals surface area (Å²) in [5.74, 6) is 1.07. The van der Waals surface area contributed by atoms with Gasteiger partial charge in [0.05, 0.1) is 18.9 Å². The van der Waals surface area contributed by atoms with Crippen molar-refractivity contribution in [3.05, 3.63) is 94.5 Å². The number of methoxy groups -OCH3 is 1. The molecule has 8 heteroatoms. The molecule has 0 atom stereocenters. The third-order valence-corrected chi connectivity index (χ3v) is 4.78. The number of benzene rings is 3. The lowest BCUT2D eigenvalue weighted by Crippen LogP contribution is -1.99. The van der Waals surface area contributed by atoms with Crippen molar-refractivity contribution in [2.24, 2.45) is 5.10 Å². The Morgan fingerprint density at radius 2 is 1.84 bits per heavy atom. The van der Waals surface area contributed by atoms with E-state index in [9.17, 15) is 4.39 Å². The lowest BCUT2D eigenvalue weighted by molar-refractivity contribution is 0.284. The van der Waals surface area contributed by atoms with E-state index in [1.807, 2.05) is 42.5 Å². The second-order valence-electron chi connectivity index (χ2n) is 6.57. The highest BCUT2D eigenvalue weighted by molar-refractivity contribution is 7.71. The topological polar surface area (TPSA) is 64.4 Å². The SMILES string of the molecule is COc1cc(/C=N\n2c(-c3ccccc3F)n[nH]c2=S)ccc1OCc1ccccc1. The smallest absolute Gasteiger partial charge is 0.216 e. The molecule has 3 aromatic carbocycles. The van der Waals surface area contributed by atoms with Crippen molar-refractivity contribution in [1.82, 2.24) is 14.9 Å². The fourth-order valence-electron chi connectivity index (χ4n) is 2.96. The zero-order valence-electron chi connectivity index (χ0n) is 16.7. The summed E-state index contributed by atoms with van der Waals surface area (Å²) >= 11 is 5.25. The number of aromatic amines is 1. The summed E-state index contributed by atoms with van der Waals surface area (Å²) in [4.78, 5) is 0. The van der Waals surface area contributed by atoms with Gasteiger partial charge < -0.3 is 9.47 Å². The molecule has 0 aliphatic heterocycles. The maximum absolute atomic E-state index is 14.2. The molecular weight excluding hydrogens is 415 g/mol. The standard InChI is InChI=1S/C23H19FN4O2S/c1-29-21-13-17(11-12-20(21)30-15-16-7-3-2-4-8-16)14-25-28-22(26-27-23(28)31)18-9-5-6-10-19(18)24/h2-14H,15H2,1H3,(H,27,31)/b25-14-. The van der Waals surface area contributed by atoms with Crippen LogP contribution >= 0.6 is 12.2 Å². The first-order chi connectivity index (χ1) is 15.2. The van der Waals surface area contributed by atoms with Crippen molar-refractivity contribution in [2.45, 2.75) is 6.61 Å². The van der Waals surface area contributed by atoms with E-state index in [1.165, 1.54) is 10.7 Å². The van der Waals surface area contributed by atoms with Crippen molar-refractivity contribution in [3.63, 3.8) is 0 Å². The van der Waals surface area contributed by atoms with Crippen molar-refractivity contribution < 1.29 is 13.9 Å². The molecule has 4 rings (SSSR count). The number of ether oxygens (including phenoxy) is 2. The average molecular weight is 434 g/mol. The molecule has 0 aliphatic carbocycles. The lowest BCUT2D eigenvalue weighted by atomic mass is 10.2. The van der Waals surface area contributed by atoms with Crippen LogP contribution in [0.3, 0.4) is 0 Å². The van der Waals surface area contributed by atoms with E-state index in [1.54, 1.807) is 37.6 Å². The molecule has 0 radical (unpaired) electrons. The minimum atomic E-state index is -0.408. The van der Waals surface area contributed by atoms with Crippen molar-refractivity contribution in [2.75, 3.05) is 7.11 Å². The quantitative estimate of drug-likeness (QED) is 0.320. The van der Waals surface area contributed by atoms with Crippen LogP contribution in [0.5, 0.6) is 11.5 Å². The maximum atomic E-state index is 14.2. The molecule has 31 heavy (non-hydrogen) atoms. The molecule has 0 spiro atoms. The molecule has 1 aromatic heterocycles. The van der Waals surface area contributed by atoms with Gasteiger partial charge in [-0.1, -0.05) is 42.5 Å². The van der Waals surface area contributed by atoms with Gasteiger partial charge in [0.2, 0.25) is 4.77 Å². The van der Waals surface area contributed by atoms with Crippen LogP contribution in [0.2, 0.25) is 0 Å². The lowest BCUT2D eigenvalue weighted by Gasteiger charge is -2.11. The van der Waals surface area contributed by atoms with Crippen LogP contribution < -0.4 is 9.47 Å². The van der Waals surface area contributed by atoms with Crippen LogP contribution in [0, 0.1) is 10.6 Å². The molecular formula is C23H19FN4O2S. The van der Waals surface area contributed by atoms with E-state index in [0.29, 0.717) is 23.7 Å². The minimum Gasteiger partial charge on any atom is -0.493 e. The summed E-state index contributed by atoms with van der Waals surface area (Å²) in [5, 5.41) is 11.1. The molecule has 0 unspecified atom stereocenters. The highest BCUT2D eigenvalue weighted by Gasteiger charge is 2.12. The zero-order chi connectivity index (χ0) is 21.6. The number of rotatable bonds is 7. The van der Waals surface area contributed by atoms with Crippen LogP contribution in [0.25, 0.3) is 11.4 Å². The van der Waals surface area contributed by atoms with Gasteiger partial charge in [0.1, 0.15) is 12.4 Å². The van der Waals surface area contributed by atoms with Crippen LogP contribution in [-0.2, 0) is 6.61 Å². The summed E-state index contributed by atoms with van der Waals surface area (Å²) in [6.45, 7) is 0.431. The third kappa shape index (κ3) is 4.70. The first kappa shape index (κ1) is 20.5. The molecule has 0 bridgehead atoms. The Bertz CT molecular complexity index is 1270. The van der Waals surface area contributed by atoms with E-state index in [0.717, 1.165) is 11.1 Å². The molecule has 1 N–H and O–H groups in total. The molecule has 0 saturated heterocycles. The molecule has 0 saturated carbocycles. The molecule has 1 heterocycles. The van der Waals surface area contributed by atoms with Gasteiger partial charge in [0.15, 0.2) is 17.3 Å². The van der Waals surface area contributed by atoms with Crippen LogP contribution in [0.4, 0.5) is 4.39 Å². The molecule has 0 amide bonds. The third-order valence-electron chi connectivity index (χ3n) is 4.51. The first-order valence-corrected chi connectivity index (χ1v) is 9.88. The van der Waals surface area contributed by atoms with E-state index in [-0.39, 0.29) is 10.6 Å². The predicted octanol–water partition coefficient (Wildman–Crippen LogP) is 5.22. The summed E-state index contributed by atoms with van der Waals surface area (Å²) in [5.41, 5.74) is 2.12. The van der Waals surface area contributed by atoms with E-state index < -0.39 is 5.82 Å². The van der Waals surface area contributed by atoms with E-state index in [2.05, 4.69) is 15.3 Å². The predicted molar refractivity (Wildman–Crippen MR) is 120 cm³/mol. The van der Waals surface area contributed by atoms with E-state index >= 15 is 0 Å². The molecule has 6 nitrogen and oxygen atoms in total. The second-order valence-corrected chi connectivity index (χ2v) is 6.96. The number of hydrogen-bond acceptors (Lipinski definition) is 5. The zero-order valence-corrected chi connectivity index (χ0v) is 17.5. The number of nitrogens with one attached hydrogen (secondary N) is 1. The molecule has 156 valence electrons. The Kier molecular flexibility index (Phi) is 6.18. The monoisotopic (exact) mass is 434 g/mol. The first-order valence-electron chi connectivity index (χ1n) is 9.47. The Morgan fingerprint density at radius 3 is 2.61 bits per heavy atom. The largest absolute Gasteiger partial charge is 0.493 e. The Labute approximate surface area is 183 Å². The highest BCUT2D eigenvalue weighted by Crippen LogP contribution is 2.28. The Hall–Kier alpha value is -3.78.